The number of nitrogens with two attached hydrogens (primary N) is 1. The lowest BCUT2D eigenvalue weighted by atomic mass is 10.2. The van der Waals surface area contributed by atoms with Gasteiger partial charge in [-0.3, -0.25) is 0 Å². The van der Waals surface area contributed by atoms with Crippen molar-refractivity contribution >= 4 is 0 Å². The molecular formula is C10H24N2O2. The van der Waals surface area contributed by atoms with Gasteiger partial charge in [0.1, 0.15) is 0 Å². The second-order valence-electron chi connectivity index (χ2n) is 3.49. The molecular weight excluding hydrogens is 180 g/mol. The minimum atomic E-state index is 0.111. The van der Waals surface area contributed by atoms with Crippen molar-refractivity contribution in [3.63, 3.8) is 0 Å². The zero-order chi connectivity index (χ0) is 10.6. The first-order chi connectivity index (χ1) is 6.81. The van der Waals surface area contributed by atoms with Gasteiger partial charge in [-0.15, -0.1) is 0 Å². The third-order valence-electron chi connectivity index (χ3n) is 2.10. The number of hydrogen-bond acceptors (Lipinski definition) is 4. The summed E-state index contributed by atoms with van der Waals surface area (Å²) in [5.74, 6) is 0. The van der Waals surface area contributed by atoms with E-state index in [1.807, 2.05) is 0 Å². The topological polar surface area (TPSA) is 58.7 Å². The summed E-state index contributed by atoms with van der Waals surface area (Å²) in [7, 11) is 2.09. The molecule has 0 saturated carbocycles. The molecule has 0 fully saturated rings. The smallest absolute Gasteiger partial charge is 0.0698 e. The minimum Gasteiger partial charge on any atom is -0.394 e. The van der Waals surface area contributed by atoms with Crippen LogP contribution in [0.1, 0.15) is 19.3 Å². The highest BCUT2D eigenvalue weighted by Crippen LogP contribution is 1.95. The van der Waals surface area contributed by atoms with Crippen LogP contribution in [0, 0.1) is 0 Å². The van der Waals surface area contributed by atoms with Gasteiger partial charge in [0.05, 0.1) is 19.8 Å². The molecule has 0 aliphatic heterocycles. The van der Waals surface area contributed by atoms with Crippen LogP contribution in [-0.2, 0) is 4.74 Å². The van der Waals surface area contributed by atoms with Crippen LogP contribution in [0.25, 0.3) is 0 Å². The van der Waals surface area contributed by atoms with E-state index >= 15 is 0 Å². The number of rotatable bonds is 10. The molecule has 14 heavy (non-hydrogen) atoms. The van der Waals surface area contributed by atoms with Gasteiger partial charge >= 0.3 is 0 Å². The molecule has 0 saturated heterocycles. The molecule has 4 nitrogen and oxygen atoms in total. The highest BCUT2D eigenvalue weighted by molar-refractivity contribution is 4.51. The molecule has 0 aliphatic carbocycles. The zero-order valence-corrected chi connectivity index (χ0v) is 9.24. The van der Waals surface area contributed by atoms with Crippen LogP contribution in [0.3, 0.4) is 0 Å². The summed E-state index contributed by atoms with van der Waals surface area (Å²) in [6.07, 6.45) is 3.53. The maximum Gasteiger partial charge on any atom is 0.0698 e. The lowest BCUT2D eigenvalue weighted by Gasteiger charge is -2.15. The van der Waals surface area contributed by atoms with Crippen molar-refractivity contribution in [1.82, 2.24) is 4.90 Å². The fourth-order valence-corrected chi connectivity index (χ4v) is 1.20. The predicted molar refractivity (Wildman–Crippen MR) is 58.3 cm³/mol. The second kappa shape index (κ2) is 10.9. The Morgan fingerprint density at radius 1 is 1.14 bits per heavy atom. The number of unbranched alkanes of at least 4 members (excludes halogenated alkanes) is 2. The molecule has 0 aliphatic rings. The van der Waals surface area contributed by atoms with Crippen LogP contribution in [0.15, 0.2) is 0 Å². The number of nitrogens with zero attached hydrogens (tertiary/aromatic N) is 1. The Kier molecular flexibility index (Phi) is 10.8. The first kappa shape index (κ1) is 13.8. The maximum absolute atomic E-state index is 8.48. The standard InChI is InChI=1S/C10H24N2O2/c1-12(6-4-2-3-5-11)7-9-14-10-8-13/h13H,2-11H2,1H3. The van der Waals surface area contributed by atoms with Gasteiger partial charge in [0.2, 0.25) is 0 Å². The first-order valence-electron chi connectivity index (χ1n) is 5.38. The first-order valence-corrected chi connectivity index (χ1v) is 5.38. The van der Waals surface area contributed by atoms with Gasteiger partial charge in [-0.25, -0.2) is 0 Å². The highest BCUT2D eigenvalue weighted by Gasteiger charge is 1.97. The number of likely N-dealkylation sites (N-methyl/N-ethyl adjacent to an activating group) is 1. The normalized spacial score (nSPS) is 11.1. The Bertz CT molecular complexity index is 100. The van der Waals surface area contributed by atoms with Gasteiger partial charge in [0, 0.05) is 6.54 Å². The van der Waals surface area contributed by atoms with Gasteiger partial charge in [0.25, 0.3) is 0 Å². The van der Waals surface area contributed by atoms with Crippen LogP contribution in [-0.4, -0.2) is 56.5 Å². The summed E-state index contributed by atoms with van der Waals surface area (Å²) in [5.41, 5.74) is 5.40. The summed E-state index contributed by atoms with van der Waals surface area (Å²) in [4.78, 5) is 2.24. The summed E-state index contributed by atoms with van der Waals surface area (Å²) < 4.78 is 5.17. The number of aliphatic hydroxyl groups is 1. The zero-order valence-electron chi connectivity index (χ0n) is 9.24. The van der Waals surface area contributed by atoms with Crippen molar-refractivity contribution in [3.8, 4) is 0 Å². The SMILES string of the molecule is CN(CCCCCN)CCOCCO. The van der Waals surface area contributed by atoms with E-state index in [1.165, 1.54) is 12.8 Å². The van der Waals surface area contributed by atoms with E-state index in [9.17, 15) is 0 Å². The summed E-state index contributed by atoms with van der Waals surface area (Å²) in [5, 5.41) is 8.48. The van der Waals surface area contributed by atoms with E-state index in [-0.39, 0.29) is 6.61 Å². The lowest BCUT2D eigenvalue weighted by molar-refractivity contribution is 0.0781. The summed E-state index contributed by atoms with van der Waals surface area (Å²) in [6, 6.07) is 0. The molecule has 0 spiro atoms. The molecule has 0 unspecified atom stereocenters. The van der Waals surface area contributed by atoms with E-state index in [2.05, 4.69) is 11.9 Å². The fraction of sp³-hybridized carbons (Fsp3) is 1.00. The van der Waals surface area contributed by atoms with Crippen LogP contribution in [0.4, 0.5) is 0 Å². The van der Waals surface area contributed by atoms with Crippen molar-refractivity contribution in [1.29, 1.82) is 0 Å². The Balaban J connectivity index is 3.07. The molecule has 0 bridgehead atoms. The number of hydrogen-bond donors (Lipinski definition) is 2. The third-order valence-corrected chi connectivity index (χ3v) is 2.10. The van der Waals surface area contributed by atoms with Gasteiger partial charge in [-0.2, -0.15) is 0 Å². The minimum absolute atomic E-state index is 0.111. The Morgan fingerprint density at radius 3 is 2.57 bits per heavy atom. The molecule has 0 heterocycles. The van der Waals surface area contributed by atoms with E-state index in [1.54, 1.807) is 0 Å². The quantitative estimate of drug-likeness (QED) is 0.494. The molecule has 0 aromatic heterocycles. The largest absolute Gasteiger partial charge is 0.394 e. The molecule has 0 aromatic rings. The molecule has 0 amide bonds. The molecule has 0 aromatic carbocycles. The fourth-order valence-electron chi connectivity index (χ4n) is 1.20. The Labute approximate surface area is 87.0 Å². The van der Waals surface area contributed by atoms with Gasteiger partial charge in [-0.1, -0.05) is 6.42 Å². The van der Waals surface area contributed by atoms with Crippen molar-refractivity contribution in [2.45, 2.75) is 19.3 Å². The summed E-state index contributed by atoms with van der Waals surface area (Å²) >= 11 is 0. The molecule has 0 atom stereocenters. The van der Waals surface area contributed by atoms with Gasteiger partial charge < -0.3 is 20.5 Å². The molecule has 86 valence electrons. The Morgan fingerprint density at radius 2 is 1.93 bits per heavy atom. The van der Waals surface area contributed by atoms with Crippen LogP contribution in [0.2, 0.25) is 0 Å². The average molecular weight is 204 g/mol. The van der Waals surface area contributed by atoms with Gasteiger partial charge in [-0.05, 0) is 33.0 Å². The second-order valence-corrected chi connectivity index (χ2v) is 3.49. The van der Waals surface area contributed by atoms with Crippen molar-refractivity contribution in [2.24, 2.45) is 5.73 Å². The molecule has 0 radical (unpaired) electrons. The van der Waals surface area contributed by atoms with Crippen LogP contribution in [0.5, 0.6) is 0 Å². The van der Waals surface area contributed by atoms with Gasteiger partial charge in [0.15, 0.2) is 0 Å². The highest BCUT2D eigenvalue weighted by atomic mass is 16.5. The van der Waals surface area contributed by atoms with E-state index < -0.39 is 0 Å². The summed E-state index contributed by atoms with van der Waals surface area (Å²) in [6.45, 7) is 4.09. The third kappa shape index (κ3) is 9.92. The monoisotopic (exact) mass is 204 g/mol. The molecule has 3 N–H and O–H groups in total. The van der Waals surface area contributed by atoms with E-state index in [0.29, 0.717) is 13.2 Å². The van der Waals surface area contributed by atoms with Crippen molar-refractivity contribution < 1.29 is 9.84 Å². The Hall–Kier alpha value is -0.160. The van der Waals surface area contributed by atoms with E-state index in [0.717, 1.165) is 26.1 Å². The van der Waals surface area contributed by atoms with E-state index in [4.69, 9.17) is 15.6 Å². The average Bonchev–Trinajstić information content (AvgIpc) is 2.19. The van der Waals surface area contributed by atoms with Crippen LogP contribution >= 0.6 is 0 Å². The van der Waals surface area contributed by atoms with Crippen molar-refractivity contribution in [2.75, 3.05) is 46.5 Å². The predicted octanol–water partition coefficient (Wildman–Crippen LogP) is 0.0561. The van der Waals surface area contributed by atoms with Crippen LogP contribution < -0.4 is 5.73 Å². The number of ether oxygens (including phenoxy) is 1. The molecule has 0 rings (SSSR count). The lowest BCUT2D eigenvalue weighted by Crippen LogP contribution is -2.24. The molecule has 4 heteroatoms. The number of aliphatic hydroxyl groups excluding tert-OH is 1. The van der Waals surface area contributed by atoms with Crippen molar-refractivity contribution in [3.05, 3.63) is 0 Å². The maximum atomic E-state index is 8.48.